The number of halogens is 3. The largest absolute Gasteiger partial charge is 0.495 e. The van der Waals surface area contributed by atoms with Crippen molar-refractivity contribution in [1.29, 1.82) is 0 Å². The zero-order valence-electron chi connectivity index (χ0n) is 12.7. The van der Waals surface area contributed by atoms with E-state index >= 15 is 0 Å². The summed E-state index contributed by atoms with van der Waals surface area (Å²) < 4.78 is 32.3. The third kappa shape index (κ3) is 3.64. The van der Waals surface area contributed by atoms with E-state index < -0.39 is 10.0 Å². The summed E-state index contributed by atoms with van der Waals surface area (Å²) in [4.78, 5) is -0.128. The zero-order valence-corrected chi connectivity index (χ0v) is 15.8. The number of anilines is 1. The SMILES string of the molecule is C=CCN(c1cccc(Cl)c1)S(=O)(=O)c1ccc(OC)c(Cl)c1Cl. The average molecular weight is 407 g/mol. The van der Waals surface area contributed by atoms with Crippen LogP contribution in [0.15, 0.2) is 53.9 Å². The molecule has 8 heteroatoms. The highest BCUT2D eigenvalue weighted by atomic mass is 35.5. The highest BCUT2D eigenvalue weighted by Crippen LogP contribution is 2.38. The molecule has 0 fully saturated rings. The molecule has 2 aromatic rings. The maximum Gasteiger partial charge on any atom is 0.266 e. The van der Waals surface area contributed by atoms with E-state index in [0.29, 0.717) is 16.5 Å². The van der Waals surface area contributed by atoms with Gasteiger partial charge in [0.25, 0.3) is 10.0 Å². The van der Waals surface area contributed by atoms with Crippen LogP contribution in [0.1, 0.15) is 0 Å². The zero-order chi connectivity index (χ0) is 17.9. The van der Waals surface area contributed by atoms with Crippen LogP contribution in [0.2, 0.25) is 15.1 Å². The summed E-state index contributed by atoms with van der Waals surface area (Å²) in [5.41, 5.74) is 0.394. The van der Waals surface area contributed by atoms with Gasteiger partial charge in [-0.1, -0.05) is 46.9 Å². The predicted octanol–water partition coefficient (Wildman–Crippen LogP) is 5.04. The summed E-state index contributed by atoms with van der Waals surface area (Å²) in [5, 5.41) is 0.340. The summed E-state index contributed by atoms with van der Waals surface area (Å²) in [6.07, 6.45) is 1.47. The first-order valence-corrected chi connectivity index (χ1v) is 9.31. The van der Waals surface area contributed by atoms with Crippen molar-refractivity contribution in [2.75, 3.05) is 18.0 Å². The smallest absolute Gasteiger partial charge is 0.266 e. The summed E-state index contributed by atoms with van der Waals surface area (Å²) >= 11 is 18.2. The summed E-state index contributed by atoms with van der Waals surface area (Å²) in [6.45, 7) is 3.65. The second-order valence-electron chi connectivity index (χ2n) is 4.70. The first kappa shape index (κ1) is 18.9. The molecule has 0 radical (unpaired) electrons. The molecular formula is C16H14Cl3NO3S. The highest BCUT2D eigenvalue weighted by Gasteiger charge is 2.28. The van der Waals surface area contributed by atoms with Gasteiger partial charge >= 0.3 is 0 Å². The fourth-order valence-electron chi connectivity index (χ4n) is 2.08. The van der Waals surface area contributed by atoms with Crippen LogP contribution in [-0.4, -0.2) is 22.1 Å². The lowest BCUT2D eigenvalue weighted by Gasteiger charge is -2.24. The fraction of sp³-hybridized carbons (Fsp3) is 0.125. The van der Waals surface area contributed by atoms with Crippen molar-refractivity contribution in [3.8, 4) is 5.75 Å². The van der Waals surface area contributed by atoms with Crippen LogP contribution in [0.5, 0.6) is 5.75 Å². The van der Waals surface area contributed by atoms with Gasteiger partial charge in [0.15, 0.2) is 0 Å². The van der Waals surface area contributed by atoms with Gasteiger partial charge in [0.2, 0.25) is 0 Å². The number of rotatable bonds is 6. The average Bonchev–Trinajstić information content (AvgIpc) is 2.54. The summed E-state index contributed by atoms with van der Waals surface area (Å²) in [7, 11) is -2.56. The lowest BCUT2D eigenvalue weighted by molar-refractivity contribution is 0.414. The Morgan fingerprint density at radius 1 is 1.17 bits per heavy atom. The van der Waals surface area contributed by atoms with Crippen LogP contribution >= 0.6 is 34.8 Å². The van der Waals surface area contributed by atoms with E-state index in [2.05, 4.69) is 6.58 Å². The number of methoxy groups -OCH3 is 1. The van der Waals surface area contributed by atoms with E-state index in [0.717, 1.165) is 4.31 Å². The van der Waals surface area contributed by atoms with Crippen LogP contribution in [-0.2, 0) is 10.0 Å². The maximum atomic E-state index is 13.1. The highest BCUT2D eigenvalue weighted by molar-refractivity contribution is 7.93. The molecule has 128 valence electrons. The monoisotopic (exact) mass is 405 g/mol. The molecule has 0 aliphatic rings. The molecule has 0 N–H and O–H groups in total. The second kappa shape index (κ2) is 7.66. The lowest BCUT2D eigenvalue weighted by Crippen LogP contribution is -2.31. The van der Waals surface area contributed by atoms with Gasteiger partial charge in [0, 0.05) is 5.02 Å². The topological polar surface area (TPSA) is 46.6 Å². The minimum atomic E-state index is -3.98. The van der Waals surface area contributed by atoms with E-state index in [1.54, 1.807) is 24.3 Å². The number of ether oxygens (including phenoxy) is 1. The number of nitrogens with zero attached hydrogens (tertiary/aromatic N) is 1. The van der Waals surface area contributed by atoms with Crippen molar-refractivity contribution in [3.05, 3.63) is 64.1 Å². The number of hydrogen-bond donors (Lipinski definition) is 0. The van der Waals surface area contributed by atoms with Crippen LogP contribution in [0, 0.1) is 0 Å². The van der Waals surface area contributed by atoms with Gasteiger partial charge in [-0.15, -0.1) is 6.58 Å². The first-order valence-electron chi connectivity index (χ1n) is 6.74. The molecule has 0 aliphatic carbocycles. The normalized spacial score (nSPS) is 11.2. The maximum absolute atomic E-state index is 13.1. The number of hydrogen-bond acceptors (Lipinski definition) is 3. The van der Waals surface area contributed by atoms with Crippen LogP contribution in [0.4, 0.5) is 5.69 Å². The molecule has 0 saturated carbocycles. The molecule has 0 spiro atoms. The number of sulfonamides is 1. The Kier molecular flexibility index (Phi) is 6.04. The second-order valence-corrected chi connectivity index (χ2v) is 7.72. The molecule has 2 rings (SSSR count). The molecule has 0 heterocycles. The molecule has 0 bridgehead atoms. The van der Waals surface area contributed by atoms with Crippen LogP contribution in [0.3, 0.4) is 0 Å². The third-order valence-electron chi connectivity index (χ3n) is 3.19. The molecule has 24 heavy (non-hydrogen) atoms. The molecule has 4 nitrogen and oxygen atoms in total. The molecule has 0 atom stereocenters. The standard InChI is InChI=1S/C16H14Cl3NO3S/c1-3-9-20(12-6-4-5-11(17)10-12)24(21,22)14-8-7-13(23-2)15(18)16(14)19/h3-8,10H,1,9H2,2H3. The molecule has 0 unspecified atom stereocenters. The molecule has 0 saturated heterocycles. The Hall–Kier alpha value is -1.40. The molecular weight excluding hydrogens is 393 g/mol. The van der Waals surface area contributed by atoms with Gasteiger partial charge in [0.1, 0.15) is 15.7 Å². The first-order chi connectivity index (χ1) is 11.3. The molecule has 0 aromatic heterocycles. The predicted molar refractivity (Wildman–Crippen MR) is 99.2 cm³/mol. The third-order valence-corrected chi connectivity index (χ3v) is 6.24. The van der Waals surface area contributed by atoms with E-state index in [1.807, 2.05) is 0 Å². The van der Waals surface area contributed by atoms with E-state index in [1.165, 1.54) is 25.3 Å². The Morgan fingerprint density at radius 3 is 2.46 bits per heavy atom. The molecule has 0 amide bonds. The van der Waals surface area contributed by atoms with E-state index in [-0.39, 0.29) is 21.5 Å². The van der Waals surface area contributed by atoms with Gasteiger partial charge in [-0.2, -0.15) is 0 Å². The Labute approximate surface area is 156 Å². The minimum absolute atomic E-state index is 0.0323. The van der Waals surface area contributed by atoms with Crippen LogP contribution < -0.4 is 9.04 Å². The van der Waals surface area contributed by atoms with Gasteiger partial charge in [0.05, 0.1) is 24.4 Å². The van der Waals surface area contributed by atoms with Crippen LogP contribution in [0.25, 0.3) is 0 Å². The minimum Gasteiger partial charge on any atom is -0.495 e. The molecule has 0 aliphatic heterocycles. The quantitative estimate of drug-likeness (QED) is 0.632. The van der Waals surface area contributed by atoms with Crippen molar-refractivity contribution < 1.29 is 13.2 Å². The Balaban J connectivity index is 2.62. The van der Waals surface area contributed by atoms with Gasteiger partial charge < -0.3 is 4.74 Å². The van der Waals surface area contributed by atoms with Gasteiger partial charge in [-0.3, -0.25) is 4.31 Å². The summed E-state index contributed by atoms with van der Waals surface area (Å²) in [6, 6.07) is 9.29. The fourth-order valence-corrected chi connectivity index (χ4v) is 4.51. The van der Waals surface area contributed by atoms with Crippen molar-refractivity contribution >= 4 is 50.5 Å². The Morgan fingerprint density at radius 2 is 1.88 bits per heavy atom. The van der Waals surface area contributed by atoms with Crippen molar-refractivity contribution in [2.24, 2.45) is 0 Å². The van der Waals surface area contributed by atoms with Crippen molar-refractivity contribution in [2.45, 2.75) is 4.90 Å². The Bertz CT molecular complexity index is 869. The number of benzene rings is 2. The van der Waals surface area contributed by atoms with E-state index in [4.69, 9.17) is 39.5 Å². The van der Waals surface area contributed by atoms with Crippen molar-refractivity contribution in [1.82, 2.24) is 0 Å². The molecule has 2 aromatic carbocycles. The van der Waals surface area contributed by atoms with E-state index in [9.17, 15) is 8.42 Å². The van der Waals surface area contributed by atoms with Gasteiger partial charge in [-0.05, 0) is 30.3 Å². The summed E-state index contributed by atoms with van der Waals surface area (Å²) in [5.74, 6) is 0.290. The lowest BCUT2D eigenvalue weighted by atomic mass is 10.3. The van der Waals surface area contributed by atoms with Gasteiger partial charge in [-0.25, -0.2) is 8.42 Å². The van der Waals surface area contributed by atoms with Crippen molar-refractivity contribution in [3.63, 3.8) is 0 Å².